The number of ether oxygens (including phenoxy) is 1. The van der Waals surface area contributed by atoms with Gasteiger partial charge in [-0.3, -0.25) is 14.5 Å². The molecule has 0 saturated carbocycles. The topological polar surface area (TPSA) is 75.0 Å². The molecule has 1 N–H and O–H groups in total. The maximum absolute atomic E-state index is 12.1. The molecule has 1 aromatic heterocycles. The van der Waals surface area contributed by atoms with Crippen LogP contribution in [0.3, 0.4) is 0 Å². The van der Waals surface area contributed by atoms with Crippen LogP contribution >= 0.6 is 0 Å². The molecule has 156 valence electrons. The van der Waals surface area contributed by atoms with Gasteiger partial charge in [-0.25, -0.2) is 0 Å². The number of hydrogen-bond acceptors (Lipinski definition) is 4. The number of aliphatic imine (C=N–C) groups is 1. The maximum atomic E-state index is 12.1. The first-order chi connectivity index (χ1) is 14.0. The van der Waals surface area contributed by atoms with E-state index in [0.29, 0.717) is 12.2 Å². The number of aromatic nitrogens is 2. The summed E-state index contributed by atoms with van der Waals surface area (Å²) in [5.41, 5.74) is 2.91. The number of nitrogens with zero attached hydrogens (tertiary/aromatic N) is 5. The number of rotatable bonds is 5. The molecule has 1 saturated heterocycles. The summed E-state index contributed by atoms with van der Waals surface area (Å²) in [7, 11) is 7.24. The molecule has 1 aliphatic heterocycles. The number of morpholine rings is 1. The van der Waals surface area contributed by atoms with E-state index in [4.69, 9.17) is 4.74 Å². The molecule has 1 unspecified atom stereocenters. The van der Waals surface area contributed by atoms with Crippen LogP contribution in [0.4, 0.5) is 0 Å². The fourth-order valence-corrected chi connectivity index (χ4v) is 3.42. The third-order valence-corrected chi connectivity index (χ3v) is 4.95. The first-order valence-electron chi connectivity index (χ1n) is 9.84. The van der Waals surface area contributed by atoms with Gasteiger partial charge >= 0.3 is 0 Å². The van der Waals surface area contributed by atoms with E-state index in [0.717, 1.165) is 43.1 Å². The fourth-order valence-electron chi connectivity index (χ4n) is 3.42. The molecule has 8 nitrogen and oxygen atoms in total. The van der Waals surface area contributed by atoms with E-state index in [1.165, 1.54) is 0 Å². The van der Waals surface area contributed by atoms with Crippen LogP contribution in [0.1, 0.15) is 27.6 Å². The Hall–Kier alpha value is -2.87. The molecule has 0 spiro atoms. The first-order valence-corrected chi connectivity index (χ1v) is 9.84. The Morgan fingerprint density at radius 1 is 1.41 bits per heavy atom. The van der Waals surface area contributed by atoms with Crippen LogP contribution < -0.4 is 5.32 Å². The van der Waals surface area contributed by atoms with Gasteiger partial charge in [-0.15, -0.1) is 0 Å². The molecular formula is C21H30N6O2. The summed E-state index contributed by atoms with van der Waals surface area (Å²) in [5.74, 6) is 0.882. The van der Waals surface area contributed by atoms with Gasteiger partial charge in [0.25, 0.3) is 5.91 Å². The number of carbonyl (C=O) groups excluding carboxylic acids is 1. The molecule has 1 atom stereocenters. The number of benzene rings is 1. The van der Waals surface area contributed by atoms with Gasteiger partial charge in [0.05, 0.1) is 19.3 Å². The van der Waals surface area contributed by atoms with Crippen molar-refractivity contribution in [1.82, 2.24) is 24.9 Å². The highest BCUT2D eigenvalue weighted by atomic mass is 16.5. The smallest absolute Gasteiger partial charge is 0.253 e. The van der Waals surface area contributed by atoms with Crippen molar-refractivity contribution < 1.29 is 9.53 Å². The van der Waals surface area contributed by atoms with Gasteiger partial charge in [-0.2, -0.15) is 5.10 Å². The van der Waals surface area contributed by atoms with E-state index in [-0.39, 0.29) is 12.0 Å². The molecule has 2 heterocycles. The number of guanidine groups is 1. The zero-order valence-electron chi connectivity index (χ0n) is 17.6. The van der Waals surface area contributed by atoms with E-state index in [1.54, 1.807) is 30.7 Å². The summed E-state index contributed by atoms with van der Waals surface area (Å²) in [6.45, 7) is 2.91. The van der Waals surface area contributed by atoms with Crippen molar-refractivity contribution in [3.63, 3.8) is 0 Å². The number of hydrogen-bond donors (Lipinski definition) is 1. The second-order valence-corrected chi connectivity index (χ2v) is 7.38. The molecule has 0 aliphatic carbocycles. The molecule has 1 aromatic carbocycles. The maximum Gasteiger partial charge on any atom is 0.253 e. The van der Waals surface area contributed by atoms with E-state index >= 15 is 0 Å². The average Bonchev–Trinajstić information content (AvgIpc) is 3.17. The fraction of sp³-hybridized carbons (Fsp3) is 0.476. The second kappa shape index (κ2) is 9.56. The normalized spacial score (nSPS) is 17.3. The minimum absolute atomic E-state index is 0.00951. The lowest BCUT2D eigenvalue weighted by Crippen LogP contribution is -2.48. The van der Waals surface area contributed by atoms with Crippen molar-refractivity contribution in [1.29, 1.82) is 0 Å². The average molecular weight is 399 g/mol. The predicted molar refractivity (Wildman–Crippen MR) is 113 cm³/mol. The van der Waals surface area contributed by atoms with Crippen LogP contribution in [-0.4, -0.2) is 78.8 Å². The van der Waals surface area contributed by atoms with Crippen LogP contribution in [0, 0.1) is 0 Å². The summed E-state index contributed by atoms with van der Waals surface area (Å²) < 4.78 is 7.71. The first kappa shape index (κ1) is 20.9. The summed E-state index contributed by atoms with van der Waals surface area (Å²) in [5, 5.41) is 7.68. The van der Waals surface area contributed by atoms with Crippen molar-refractivity contribution >= 4 is 11.9 Å². The SMILES string of the molecule is CN=C(NCCc1cccc(C(=O)N(C)C)c1)N1CCOC(c2cnn(C)c2)C1. The minimum atomic E-state index is -0.00951. The van der Waals surface area contributed by atoms with E-state index in [2.05, 4.69) is 20.3 Å². The monoisotopic (exact) mass is 398 g/mol. The molecule has 0 radical (unpaired) electrons. The van der Waals surface area contributed by atoms with Crippen molar-refractivity contribution in [3.8, 4) is 0 Å². The third-order valence-electron chi connectivity index (χ3n) is 4.95. The third kappa shape index (κ3) is 5.35. The highest BCUT2D eigenvalue weighted by Crippen LogP contribution is 2.21. The highest BCUT2D eigenvalue weighted by Gasteiger charge is 2.25. The second-order valence-electron chi connectivity index (χ2n) is 7.38. The van der Waals surface area contributed by atoms with Crippen molar-refractivity contribution in [3.05, 3.63) is 53.3 Å². The molecular weight excluding hydrogens is 368 g/mol. The van der Waals surface area contributed by atoms with Crippen LogP contribution in [0.25, 0.3) is 0 Å². The molecule has 1 fully saturated rings. The Balaban J connectivity index is 1.55. The van der Waals surface area contributed by atoms with Gasteiger partial charge in [-0.1, -0.05) is 12.1 Å². The number of aryl methyl sites for hydroxylation is 1. The standard InChI is InChI=1S/C21H30N6O2/c1-22-21(27-10-11-29-19(15-27)18-13-24-26(4)14-18)23-9-8-16-6-5-7-17(12-16)20(28)25(2)3/h5-7,12-14,19H,8-11,15H2,1-4H3,(H,22,23). The summed E-state index contributed by atoms with van der Waals surface area (Å²) in [6, 6.07) is 7.79. The summed E-state index contributed by atoms with van der Waals surface area (Å²) >= 11 is 0. The predicted octanol–water partition coefficient (Wildman–Crippen LogP) is 1.31. The Kier molecular flexibility index (Phi) is 6.87. The molecule has 3 rings (SSSR count). The Morgan fingerprint density at radius 3 is 2.93 bits per heavy atom. The highest BCUT2D eigenvalue weighted by molar-refractivity contribution is 5.94. The molecule has 0 bridgehead atoms. The van der Waals surface area contributed by atoms with Gasteiger partial charge < -0.3 is 19.9 Å². The lowest BCUT2D eigenvalue weighted by Gasteiger charge is -2.34. The van der Waals surface area contributed by atoms with Crippen molar-refractivity contribution in [2.75, 3.05) is 47.4 Å². The van der Waals surface area contributed by atoms with Gasteiger partial charge in [0.15, 0.2) is 5.96 Å². The van der Waals surface area contributed by atoms with Crippen molar-refractivity contribution in [2.45, 2.75) is 12.5 Å². The largest absolute Gasteiger partial charge is 0.370 e. The molecule has 1 aliphatic rings. The van der Waals surface area contributed by atoms with Crippen LogP contribution in [-0.2, 0) is 18.2 Å². The minimum Gasteiger partial charge on any atom is -0.370 e. The van der Waals surface area contributed by atoms with E-state index in [9.17, 15) is 4.79 Å². The Morgan fingerprint density at radius 2 is 2.24 bits per heavy atom. The Labute approximate surface area is 172 Å². The Bertz CT molecular complexity index is 860. The molecule has 8 heteroatoms. The lowest BCUT2D eigenvalue weighted by molar-refractivity contribution is -0.00800. The van der Waals surface area contributed by atoms with Crippen LogP contribution in [0.2, 0.25) is 0 Å². The molecule has 29 heavy (non-hydrogen) atoms. The van der Waals surface area contributed by atoms with Gasteiger partial charge in [-0.05, 0) is 24.1 Å². The quantitative estimate of drug-likeness (QED) is 0.607. The zero-order chi connectivity index (χ0) is 20.8. The zero-order valence-corrected chi connectivity index (χ0v) is 17.6. The lowest BCUT2D eigenvalue weighted by atomic mass is 10.1. The number of carbonyl (C=O) groups is 1. The van der Waals surface area contributed by atoms with Crippen LogP contribution in [0.15, 0.2) is 41.7 Å². The molecule has 2 aromatic rings. The molecule has 1 amide bonds. The number of amides is 1. The van der Waals surface area contributed by atoms with Gasteiger partial charge in [0.2, 0.25) is 0 Å². The van der Waals surface area contributed by atoms with Gasteiger partial charge in [0.1, 0.15) is 6.10 Å². The van der Waals surface area contributed by atoms with E-state index in [1.807, 2.05) is 43.7 Å². The summed E-state index contributed by atoms with van der Waals surface area (Å²) in [4.78, 5) is 20.4. The van der Waals surface area contributed by atoms with Crippen LogP contribution in [0.5, 0.6) is 0 Å². The van der Waals surface area contributed by atoms with Gasteiger partial charge in [0, 0.05) is 58.6 Å². The van der Waals surface area contributed by atoms with E-state index < -0.39 is 0 Å². The number of nitrogens with one attached hydrogen (secondary N) is 1. The summed E-state index contributed by atoms with van der Waals surface area (Å²) in [6.07, 6.45) is 4.65. The van der Waals surface area contributed by atoms with Crippen molar-refractivity contribution in [2.24, 2.45) is 12.0 Å².